The molecule has 0 heterocycles. The Kier molecular flexibility index (Phi) is 10.7. The van der Waals surface area contributed by atoms with Gasteiger partial charge in [-0.3, -0.25) is 4.79 Å². The molecule has 0 radical (unpaired) electrons. The van der Waals surface area contributed by atoms with Crippen LogP contribution in [-0.2, 0) is 17.6 Å². The van der Waals surface area contributed by atoms with Crippen LogP contribution in [0.15, 0.2) is 48.5 Å². The lowest BCUT2D eigenvalue weighted by molar-refractivity contribution is -0.119. The van der Waals surface area contributed by atoms with Crippen LogP contribution in [-0.4, -0.2) is 5.78 Å². The van der Waals surface area contributed by atoms with Crippen molar-refractivity contribution in [2.24, 2.45) is 11.8 Å². The number of aryl methyl sites for hydroxylation is 2. The van der Waals surface area contributed by atoms with Crippen LogP contribution in [0.25, 0.3) is 0 Å². The molecule has 4 rings (SSSR count). The normalized spacial score (nSPS) is 24.5. The van der Waals surface area contributed by atoms with Crippen LogP contribution in [0.5, 0.6) is 0 Å². The van der Waals surface area contributed by atoms with Crippen molar-refractivity contribution >= 4 is 5.78 Å². The lowest BCUT2D eigenvalue weighted by Gasteiger charge is -2.28. The number of carbonyl (C=O) groups excluding carboxylic acids is 1. The van der Waals surface area contributed by atoms with Crippen LogP contribution in [0.1, 0.15) is 138 Å². The second kappa shape index (κ2) is 14.2. The Balaban J connectivity index is 1.15. The van der Waals surface area contributed by atoms with Crippen molar-refractivity contribution in [1.82, 2.24) is 0 Å². The standard InChI is InChI=1S/C35H50O/c1-3-5-27-7-17-31(18-8-27)33-21-11-29(12-22-33)15-25-35(36)26-16-30-13-23-34(24-14-30)32-19-9-28(6-4-2)10-20-32/h11-14,21-24,27-28,31-32H,3-10,15-20,25-26H2,1-2H3. The van der Waals surface area contributed by atoms with E-state index in [1.54, 1.807) is 0 Å². The van der Waals surface area contributed by atoms with E-state index in [4.69, 9.17) is 0 Å². The Morgan fingerprint density at radius 2 is 0.944 bits per heavy atom. The largest absolute Gasteiger partial charge is 0.300 e. The summed E-state index contributed by atoms with van der Waals surface area (Å²) in [6.07, 6.45) is 19.6. The van der Waals surface area contributed by atoms with Gasteiger partial charge in [-0.1, -0.05) is 88.1 Å². The Labute approximate surface area is 221 Å². The second-order valence-corrected chi connectivity index (χ2v) is 12.0. The van der Waals surface area contributed by atoms with E-state index in [-0.39, 0.29) is 0 Å². The molecule has 2 aliphatic carbocycles. The number of benzene rings is 2. The number of ketones is 1. The highest BCUT2D eigenvalue weighted by atomic mass is 16.1. The van der Waals surface area contributed by atoms with E-state index in [0.29, 0.717) is 18.6 Å². The van der Waals surface area contributed by atoms with E-state index >= 15 is 0 Å². The van der Waals surface area contributed by atoms with Crippen molar-refractivity contribution < 1.29 is 4.79 Å². The Morgan fingerprint density at radius 3 is 1.28 bits per heavy atom. The summed E-state index contributed by atoms with van der Waals surface area (Å²) in [5, 5.41) is 0. The van der Waals surface area contributed by atoms with Gasteiger partial charge in [-0.2, -0.15) is 0 Å². The second-order valence-electron chi connectivity index (χ2n) is 12.0. The fourth-order valence-corrected chi connectivity index (χ4v) is 6.99. The summed E-state index contributed by atoms with van der Waals surface area (Å²) in [6.45, 7) is 4.62. The topological polar surface area (TPSA) is 17.1 Å². The highest BCUT2D eigenvalue weighted by Gasteiger charge is 2.22. The molecule has 0 aliphatic heterocycles. The minimum absolute atomic E-state index is 0.395. The van der Waals surface area contributed by atoms with Gasteiger partial charge in [0, 0.05) is 12.8 Å². The van der Waals surface area contributed by atoms with Crippen molar-refractivity contribution in [1.29, 1.82) is 0 Å². The molecule has 0 N–H and O–H groups in total. The number of hydrogen-bond acceptors (Lipinski definition) is 1. The third-order valence-electron chi connectivity index (χ3n) is 9.37. The molecule has 36 heavy (non-hydrogen) atoms. The zero-order valence-electron chi connectivity index (χ0n) is 23.2. The molecule has 2 aliphatic rings. The minimum atomic E-state index is 0.395. The molecule has 0 saturated heterocycles. The maximum Gasteiger partial charge on any atom is 0.133 e. The van der Waals surface area contributed by atoms with Gasteiger partial charge in [0.2, 0.25) is 0 Å². The van der Waals surface area contributed by atoms with Gasteiger partial charge in [0.05, 0.1) is 0 Å². The quantitative estimate of drug-likeness (QED) is 0.292. The lowest BCUT2D eigenvalue weighted by atomic mass is 9.77. The van der Waals surface area contributed by atoms with E-state index in [1.807, 2.05) is 0 Å². The Hall–Kier alpha value is -1.89. The van der Waals surface area contributed by atoms with Gasteiger partial charge in [-0.25, -0.2) is 0 Å². The fraction of sp³-hybridized carbons (Fsp3) is 0.629. The molecule has 0 bridgehead atoms. The van der Waals surface area contributed by atoms with Crippen molar-refractivity contribution in [3.05, 3.63) is 70.8 Å². The van der Waals surface area contributed by atoms with Crippen LogP contribution in [0.3, 0.4) is 0 Å². The van der Waals surface area contributed by atoms with Crippen LogP contribution >= 0.6 is 0 Å². The smallest absolute Gasteiger partial charge is 0.133 e. The molecule has 0 aromatic heterocycles. The first-order valence-electron chi connectivity index (χ1n) is 15.3. The number of rotatable bonds is 12. The van der Waals surface area contributed by atoms with Crippen molar-refractivity contribution in [3.63, 3.8) is 0 Å². The zero-order valence-corrected chi connectivity index (χ0v) is 23.2. The van der Waals surface area contributed by atoms with Crippen molar-refractivity contribution in [2.45, 2.75) is 128 Å². The van der Waals surface area contributed by atoms with Gasteiger partial charge in [-0.05, 0) is 110 Å². The molecular weight excluding hydrogens is 436 g/mol. The van der Waals surface area contributed by atoms with Gasteiger partial charge < -0.3 is 0 Å². The monoisotopic (exact) mass is 486 g/mol. The van der Waals surface area contributed by atoms with Gasteiger partial charge in [0.25, 0.3) is 0 Å². The van der Waals surface area contributed by atoms with Gasteiger partial charge in [0.15, 0.2) is 0 Å². The van der Waals surface area contributed by atoms with E-state index in [2.05, 4.69) is 62.4 Å². The Morgan fingerprint density at radius 1 is 0.583 bits per heavy atom. The molecule has 2 aromatic carbocycles. The predicted octanol–water partition coefficient (Wildman–Crippen LogP) is 9.97. The first-order chi connectivity index (χ1) is 17.6. The molecule has 0 amide bonds. The Bertz CT molecular complexity index is 817. The summed E-state index contributed by atoms with van der Waals surface area (Å²) < 4.78 is 0. The van der Waals surface area contributed by atoms with Crippen LogP contribution in [0, 0.1) is 11.8 Å². The molecule has 1 nitrogen and oxygen atoms in total. The molecule has 0 spiro atoms. The SMILES string of the molecule is CCCC1CCC(c2ccc(CCC(=O)CCc3ccc(C4CCC(CCC)CC4)cc3)cc2)CC1. The minimum Gasteiger partial charge on any atom is -0.300 e. The maximum absolute atomic E-state index is 12.6. The molecule has 0 atom stereocenters. The molecule has 196 valence electrons. The number of hydrogen-bond donors (Lipinski definition) is 0. The molecular formula is C35H50O. The highest BCUT2D eigenvalue weighted by molar-refractivity contribution is 5.78. The number of carbonyl (C=O) groups is 1. The van der Waals surface area contributed by atoms with Crippen LogP contribution in [0.4, 0.5) is 0 Å². The van der Waals surface area contributed by atoms with Crippen molar-refractivity contribution in [3.8, 4) is 0 Å². The molecule has 2 saturated carbocycles. The molecule has 2 fully saturated rings. The van der Waals surface area contributed by atoms with Gasteiger partial charge in [-0.15, -0.1) is 0 Å². The van der Waals surface area contributed by atoms with Crippen LogP contribution < -0.4 is 0 Å². The molecule has 0 unspecified atom stereocenters. The summed E-state index contributed by atoms with van der Waals surface area (Å²) in [5.41, 5.74) is 5.64. The third kappa shape index (κ3) is 8.06. The van der Waals surface area contributed by atoms with Crippen LogP contribution in [0.2, 0.25) is 0 Å². The van der Waals surface area contributed by atoms with E-state index < -0.39 is 0 Å². The summed E-state index contributed by atoms with van der Waals surface area (Å²) in [7, 11) is 0. The number of Topliss-reactive ketones (excluding diaryl/α,β-unsaturated/α-hetero) is 1. The average molecular weight is 487 g/mol. The lowest BCUT2D eigenvalue weighted by Crippen LogP contribution is -2.13. The van der Waals surface area contributed by atoms with E-state index in [9.17, 15) is 4.79 Å². The third-order valence-corrected chi connectivity index (χ3v) is 9.37. The van der Waals surface area contributed by atoms with E-state index in [1.165, 1.54) is 99.3 Å². The van der Waals surface area contributed by atoms with Crippen molar-refractivity contribution in [2.75, 3.05) is 0 Å². The van der Waals surface area contributed by atoms with Gasteiger partial charge in [0.1, 0.15) is 5.78 Å². The predicted molar refractivity (Wildman–Crippen MR) is 154 cm³/mol. The van der Waals surface area contributed by atoms with Gasteiger partial charge >= 0.3 is 0 Å². The summed E-state index contributed by atoms with van der Waals surface area (Å²) >= 11 is 0. The maximum atomic E-state index is 12.6. The summed E-state index contributed by atoms with van der Waals surface area (Å²) in [4.78, 5) is 12.6. The summed E-state index contributed by atoms with van der Waals surface area (Å²) in [6, 6.07) is 18.4. The molecule has 1 heteroatoms. The fourth-order valence-electron chi connectivity index (χ4n) is 6.99. The first-order valence-corrected chi connectivity index (χ1v) is 15.3. The molecule has 2 aromatic rings. The average Bonchev–Trinajstić information content (AvgIpc) is 2.93. The van der Waals surface area contributed by atoms with E-state index in [0.717, 1.165) is 36.5 Å². The summed E-state index contributed by atoms with van der Waals surface area (Å²) in [5.74, 6) is 3.81. The first kappa shape index (κ1) is 27.2. The highest BCUT2D eigenvalue weighted by Crippen LogP contribution is 2.38. The zero-order chi connectivity index (χ0) is 25.2.